The molecule has 1 aromatic carbocycles. The Labute approximate surface area is 117 Å². The Morgan fingerprint density at radius 3 is 3.05 bits per heavy atom. The second-order valence-electron chi connectivity index (χ2n) is 5.33. The molecule has 0 unspecified atom stereocenters. The summed E-state index contributed by atoms with van der Waals surface area (Å²) in [6, 6.07) is 7.54. The molecule has 2 aromatic rings. The molecule has 5 nitrogen and oxygen atoms in total. The third kappa shape index (κ3) is 2.59. The van der Waals surface area contributed by atoms with Crippen LogP contribution in [0.1, 0.15) is 25.1 Å². The highest BCUT2D eigenvalue weighted by Gasteiger charge is 2.22. The van der Waals surface area contributed by atoms with Gasteiger partial charge in [-0.2, -0.15) is 0 Å². The Morgan fingerprint density at radius 1 is 1.35 bits per heavy atom. The fraction of sp³-hybridized carbons (Fsp3) is 0.467. The van der Waals surface area contributed by atoms with Crippen molar-refractivity contribution in [2.24, 2.45) is 0 Å². The van der Waals surface area contributed by atoms with Gasteiger partial charge in [0.05, 0.1) is 24.1 Å². The number of H-pyrrole nitrogens is 1. The number of aromatic amines is 1. The van der Waals surface area contributed by atoms with Crippen LogP contribution in [-0.2, 0) is 6.54 Å². The van der Waals surface area contributed by atoms with Gasteiger partial charge in [0.25, 0.3) is 5.56 Å². The first-order chi connectivity index (χ1) is 9.78. The lowest BCUT2D eigenvalue weighted by molar-refractivity contribution is 0.0819. The summed E-state index contributed by atoms with van der Waals surface area (Å²) < 4.78 is 0. The molecule has 0 spiro atoms. The van der Waals surface area contributed by atoms with Crippen molar-refractivity contribution in [3.05, 3.63) is 40.4 Å². The molecule has 1 aliphatic heterocycles. The topological polar surface area (TPSA) is 69.2 Å². The van der Waals surface area contributed by atoms with Gasteiger partial charge in [-0.1, -0.05) is 18.6 Å². The highest BCUT2D eigenvalue weighted by Crippen LogP contribution is 2.18. The average molecular weight is 273 g/mol. The SMILES string of the molecule is O=c1[nH]c(CN2CCCC[C@@H]2CO)nc2ccccc12. The van der Waals surface area contributed by atoms with E-state index in [1.54, 1.807) is 6.07 Å². The van der Waals surface area contributed by atoms with E-state index in [2.05, 4.69) is 14.9 Å². The standard InChI is InChI=1S/C15H19N3O2/c19-10-11-5-3-4-8-18(11)9-14-16-13-7-2-1-6-12(13)15(20)17-14/h1-2,6-7,11,19H,3-5,8-10H2,(H,16,17,20)/t11-/m1/s1. The van der Waals surface area contributed by atoms with Crippen LogP contribution in [0.3, 0.4) is 0 Å². The molecule has 5 heteroatoms. The third-order valence-corrected chi connectivity index (χ3v) is 3.97. The molecule has 3 rings (SSSR count). The fourth-order valence-electron chi connectivity index (χ4n) is 2.88. The summed E-state index contributed by atoms with van der Waals surface area (Å²) in [5, 5.41) is 10.1. The molecule has 1 aliphatic rings. The molecule has 0 amide bonds. The van der Waals surface area contributed by atoms with Crippen LogP contribution in [0.2, 0.25) is 0 Å². The summed E-state index contributed by atoms with van der Waals surface area (Å²) in [5.41, 5.74) is 0.631. The van der Waals surface area contributed by atoms with Gasteiger partial charge in [0.1, 0.15) is 5.82 Å². The van der Waals surface area contributed by atoms with Crippen LogP contribution in [-0.4, -0.2) is 39.2 Å². The molecule has 0 bridgehead atoms. The zero-order valence-corrected chi connectivity index (χ0v) is 11.4. The number of aliphatic hydroxyl groups excluding tert-OH is 1. The Hall–Kier alpha value is -1.72. The summed E-state index contributed by atoms with van der Waals surface area (Å²) >= 11 is 0. The van der Waals surface area contributed by atoms with Gasteiger partial charge < -0.3 is 10.1 Å². The highest BCUT2D eigenvalue weighted by atomic mass is 16.3. The largest absolute Gasteiger partial charge is 0.395 e. The summed E-state index contributed by atoms with van der Waals surface area (Å²) in [4.78, 5) is 21.6. The Morgan fingerprint density at radius 2 is 2.20 bits per heavy atom. The molecule has 1 atom stereocenters. The number of aromatic nitrogens is 2. The van der Waals surface area contributed by atoms with Crippen molar-refractivity contribution >= 4 is 10.9 Å². The number of fused-ring (bicyclic) bond motifs is 1. The monoisotopic (exact) mass is 273 g/mol. The molecule has 0 aliphatic carbocycles. The predicted octanol–water partition coefficient (Wildman–Crippen LogP) is 1.27. The number of hydrogen-bond donors (Lipinski definition) is 2. The first-order valence-electron chi connectivity index (χ1n) is 7.11. The minimum absolute atomic E-state index is 0.0943. The number of rotatable bonds is 3. The smallest absolute Gasteiger partial charge is 0.258 e. The first kappa shape index (κ1) is 13.3. The van der Waals surface area contributed by atoms with Crippen LogP contribution in [0.4, 0.5) is 0 Å². The van der Waals surface area contributed by atoms with Crippen molar-refractivity contribution in [1.82, 2.24) is 14.9 Å². The van der Waals surface area contributed by atoms with E-state index in [1.807, 2.05) is 18.2 Å². The molecule has 2 N–H and O–H groups in total. The van der Waals surface area contributed by atoms with Gasteiger partial charge in [-0.05, 0) is 31.5 Å². The number of piperidine rings is 1. The van der Waals surface area contributed by atoms with Crippen LogP contribution in [0.5, 0.6) is 0 Å². The molecule has 20 heavy (non-hydrogen) atoms. The van der Waals surface area contributed by atoms with E-state index in [0.717, 1.165) is 31.3 Å². The zero-order chi connectivity index (χ0) is 13.9. The highest BCUT2D eigenvalue weighted by molar-refractivity contribution is 5.77. The van der Waals surface area contributed by atoms with Crippen LogP contribution >= 0.6 is 0 Å². The maximum atomic E-state index is 12.0. The number of aliphatic hydroxyl groups is 1. The van der Waals surface area contributed by atoms with Crippen molar-refractivity contribution in [2.45, 2.75) is 31.8 Å². The van der Waals surface area contributed by atoms with Crippen molar-refractivity contribution in [3.8, 4) is 0 Å². The van der Waals surface area contributed by atoms with E-state index in [0.29, 0.717) is 17.8 Å². The molecule has 106 valence electrons. The van der Waals surface area contributed by atoms with Gasteiger partial charge in [0, 0.05) is 6.04 Å². The maximum Gasteiger partial charge on any atom is 0.258 e. The van der Waals surface area contributed by atoms with Crippen molar-refractivity contribution < 1.29 is 5.11 Å². The van der Waals surface area contributed by atoms with Gasteiger partial charge in [-0.25, -0.2) is 4.98 Å². The quantitative estimate of drug-likeness (QED) is 0.883. The second-order valence-corrected chi connectivity index (χ2v) is 5.33. The number of benzene rings is 1. The zero-order valence-electron chi connectivity index (χ0n) is 11.4. The minimum Gasteiger partial charge on any atom is -0.395 e. The molecule has 1 aromatic heterocycles. The average Bonchev–Trinajstić information content (AvgIpc) is 2.48. The third-order valence-electron chi connectivity index (χ3n) is 3.97. The van der Waals surface area contributed by atoms with Crippen LogP contribution in [0.15, 0.2) is 29.1 Å². The van der Waals surface area contributed by atoms with Crippen LogP contribution in [0, 0.1) is 0 Å². The van der Waals surface area contributed by atoms with E-state index in [9.17, 15) is 9.90 Å². The van der Waals surface area contributed by atoms with Crippen molar-refractivity contribution in [1.29, 1.82) is 0 Å². The number of likely N-dealkylation sites (tertiary alicyclic amines) is 1. The molecule has 0 saturated carbocycles. The van der Waals surface area contributed by atoms with Crippen LogP contribution < -0.4 is 5.56 Å². The van der Waals surface area contributed by atoms with Gasteiger partial charge in [-0.3, -0.25) is 9.69 Å². The number of para-hydroxylation sites is 1. The molecular weight excluding hydrogens is 254 g/mol. The molecule has 1 fully saturated rings. The fourth-order valence-corrected chi connectivity index (χ4v) is 2.88. The summed E-state index contributed by atoms with van der Waals surface area (Å²) in [6.45, 7) is 1.70. The van der Waals surface area contributed by atoms with E-state index in [4.69, 9.17) is 0 Å². The van der Waals surface area contributed by atoms with E-state index in [-0.39, 0.29) is 18.2 Å². The number of nitrogens with zero attached hydrogens (tertiary/aromatic N) is 2. The minimum atomic E-state index is -0.0943. The van der Waals surface area contributed by atoms with Crippen LogP contribution in [0.25, 0.3) is 10.9 Å². The predicted molar refractivity (Wildman–Crippen MR) is 77.5 cm³/mol. The molecular formula is C15H19N3O2. The van der Waals surface area contributed by atoms with Gasteiger partial charge in [0.2, 0.25) is 0 Å². The van der Waals surface area contributed by atoms with Crippen molar-refractivity contribution in [3.63, 3.8) is 0 Å². The molecule has 2 heterocycles. The van der Waals surface area contributed by atoms with Gasteiger partial charge in [0.15, 0.2) is 0 Å². The Balaban J connectivity index is 1.88. The van der Waals surface area contributed by atoms with Gasteiger partial charge >= 0.3 is 0 Å². The first-order valence-corrected chi connectivity index (χ1v) is 7.11. The summed E-state index contributed by atoms with van der Waals surface area (Å²) in [5.74, 6) is 0.675. The maximum absolute atomic E-state index is 12.0. The Bertz CT molecular complexity index is 653. The second kappa shape index (κ2) is 5.73. The van der Waals surface area contributed by atoms with Crippen molar-refractivity contribution in [2.75, 3.05) is 13.2 Å². The Kier molecular flexibility index (Phi) is 3.80. The lowest BCUT2D eigenvalue weighted by Crippen LogP contribution is -2.41. The van der Waals surface area contributed by atoms with E-state index < -0.39 is 0 Å². The van der Waals surface area contributed by atoms with Gasteiger partial charge in [-0.15, -0.1) is 0 Å². The lowest BCUT2D eigenvalue weighted by atomic mass is 10.0. The normalized spacial score (nSPS) is 20.4. The van der Waals surface area contributed by atoms with E-state index in [1.165, 1.54) is 0 Å². The number of hydrogen-bond acceptors (Lipinski definition) is 4. The lowest BCUT2D eigenvalue weighted by Gasteiger charge is -2.34. The number of nitrogens with one attached hydrogen (secondary N) is 1. The summed E-state index contributed by atoms with van der Waals surface area (Å²) in [6.07, 6.45) is 3.30. The van der Waals surface area contributed by atoms with E-state index >= 15 is 0 Å². The molecule has 1 saturated heterocycles. The molecule has 0 radical (unpaired) electrons. The summed E-state index contributed by atoms with van der Waals surface area (Å²) in [7, 11) is 0.